The first-order chi connectivity index (χ1) is 21.9. The fraction of sp³-hybridized carbons (Fsp3) is 0.368. The van der Waals surface area contributed by atoms with Crippen molar-refractivity contribution in [2.45, 2.75) is 37.4 Å². The van der Waals surface area contributed by atoms with E-state index in [0.717, 1.165) is 23.3 Å². The molecule has 25 nitrogen and oxygen atoms in total. The Kier molecular flexibility index (Phi) is 10.7. The van der Waals surface area contributed by atoms with Crippen molar-refractivity contribution < 1.29 is 70.7 Å². The van der Waals surface area contributed by atoms with Crippen LogP contribution in [-0.2, 0) is 47.5 Å². The number of benzene rings is 1. The standard InChI is InChI=1S/C19H22N9O16P3/c20-17-14-18(23-7-22-17)27(8-24-14)19-15(30)16(12(41-19)6-40-46(36,37)44-47(38,39)43-45(33,34)35)42-13(29)4-2-9-1-3-10(25-26-21)5-11(9)28(31)32/h1,3,5,7-8,12,15-16,19,30H,2,4,6H2,(H,36,37)(H,38,39)(H2,20,22,23)(H2,33,34,35)/t12-,15-,16-,19-/m1/s1. The van der Waals surface area contributed by atoms with Gasteiger partial charge in [0.1, 0.15) is 24.1 Å². The third kappa shape index (κ3) is 9.12. The minimum absolute atomic E-state index is 0.0386. The molecule has 0 radical (unpaired) electrons. The van der Waals surface area contributed by atoms with E-state index in [-0.39, 0.29) is 34.7 Å². The van der Waals surface area contributed by atoms with Gasteiger partial charge in [0.05, 0.1) is 17.9 Å². The summed E-state index contributed by atoms with van der Waals surface area (Å²) in [5.41, 5.74) is 14.0. The van der Waals surface area contributed by atoms with Crippen molar-refractivity contribution in [3.05, 3.63) is 57.0 Å². The first-order valence-electron chi connectivity index (χ1n) is 12.5. The topological polar surface area (TPSA) is 377 Å². The van der Waals surface area contributed by atoms with Gasteiger partial charge in [0.25, 0.3) is 5.69 Å². The molecule has 0 amide bonds. The van der Waals surface area contributed by atoms with E-state index in [1.807, 2.05) is 0 Å². The number of esters is 1. The number of carbonyl (C=O) groups excluding carboxylic acids is 1. The molecule has 3 heterocycles. The first-order valence-corrected chi connectivity index (χ1v) is 17.0. The van der Waals surface area contributed by atoms with Crippen LogP contribution in [0.5, 0.6) is 0 Å². The summed E-state index contributed by atoms with van der Waals surface area (Å²) < 4.78 is 59.0. The Balaban J connectivity index is 1.54. The third-order valence-corrected chi connectivity index (χ3v) is 9.88. The summed E-state index contributed by atoms with van der Waals surface area (Å²) in [4.78, 5) is 74.7. The molecule has 1 aliphatic rings. The van der Waals surface area contributed by atoms with Gasteiger partial charge in [0.15, 0.2) is 23.8 Å². The van der Waals surface area contributed by atoms with Crippen LogP contribution < -0.4 is 5.73 Å². The van der Waals surface area contributed by atoms with Crippen LogP contribution in [0.1, 0.15) is 18.2 Å². The van der Waals surface area contributed by atoms with Crippen LogP contribution in [0.2, 0.25) is 0 Å². The predicted octanol–water partition coefficient (Wildman–Crippen LogP) is 1.40. The van der Waals surface area contributed by atoms with Gasteiger partial charge >= 0.3 is 29.4 Å². The molecule has 6 atom stereocenters. The van der Waals surface area contributed by atoms with Gasteiger partial charge in [-0.2, -0.15) is 8.62 Å². The highest BCUT2D eigenvalue weighted by Gasteiger charge is 2.49. The summed E-state index contributed by atoms with van der Waals surface area (Å²) >= 11 is 0. The number of nitrogen functional groups attached to an aromatic ring is 1. The Labute approximate surface area is 260 Å². The lowest BCUT2D eigenvalue weighted by Crippen LogP contribution is -2.38. The normalized spacial score (nSPS) is 22.2. The number of nitrogens with zero attached hydrogens (tertiary/aromatic N) is 8. The number of phosphoric acid groups is 3. The second-order valence-electron chi connectivity index (χ2n) is 9.24. The number of ether oxygens (including phenoxy) is 2. The molecule has 0 bridgehead atoms. The van der Waals surface area contributed by atoms with Crippen molar-refractivity contribution in [2.24, 2.45) is 5.11 Å². The van der Waals surface area contributed by atoms with Crippen molar-refractivity contribution in [1.29, 1.82) is 0 Å². The highest BCUT2D eigenvalue weighted by Crippen LogP contribution is 2.66. The molecule has 4 rings (SSSR count). The largest absolute Gasteiger partial charge is 0.490 e. The number of aliphatic hydroxyl groups excluding tert-OH is 1. The molecule has 47 heavy (non-hydrogen) atoms. The number of hydrogen-bond donors (Lipinski definition) is 6. The molecule has 1 aromatic carbocycles. The molecule has 1 fully saturated rings. The van der Waals surface area contributed by atoms with Gasteiger partial charge in [-0.05, 0) is 12.0 Å². The van der Waals surface area contributed by atoms with E-state index in [2.05, 4.69) is 38.1 Å². The summed E-state index contributed by atoms with van der Waals surface area (Å²) in [7, 11) is -17.2. The van der Waals surface area contributed by atoms with E-state index in [1.165, 1.54) is 12.1 Å². The molecule has 0 saturated carbocycles. The van der Waals surface area contributed by atoms with Gasteiger partial charge in [0, 0.05) is 28.6 Å². The van der Waals surface area contributed by atoms with E-state index < -0.39 is 77.6 Å². The number of imidazole rings is 1. The van der Waals surface area contributed by atoms with Crippen LogP contribution >= 0.6 is 23.5 Å². The lowest BCUT2D eigenvalue weighted by molar-refractivity contribution is -0.385. The maximum Gasteiger partial charge on any atom is 0.490 e. The molecule has 0 spiro atoms. The summed E-state index contributed by atoms with van der Waals surface area (Å²) in [6.45, 7) is -1.12. The van der Waals surface area contributed by atoms with Crippen molar-refractivity contribution in [3.63, 3.8) is 0 Å². The number of rotatable bonds is 14. The number of nitro groups is 1. The number of nitro benzene ring substituents is 1. The molecule has 3 aromatic rings. The molecule has 2 unspecified atom stereocenters. The SMILES string of the molecule is [N-]=[N+]=Nc1ccc(CCC(=O)O[C@H]2[C@@H](O)[C@H](n3cnc4c(N)ncnc43)O[C@@H]2COP(=O)(O)OP(=O)(O)OP(=O)(O)O)c([N+](=O)[O-])c1. The van der Waals surface area contributed by atoms with Crippen LogP contribution in [0.3, 0.4) is 0 Å². The number of aryl methyl sites for hydroxylation is 1. The van der Waals surface area contributed by atoms with Crippen molar-refractivity contribution >= 4 is 57.8 Å². The predicted molar refractivity (Wildman–Crippen MR) is 150 cm³/mol. The highest BCUT2D eigenvalue weighted by molar-refractivity contribution is 7.66. The maximum absolute atomic E-state index is 12.9. The number of aromatic nitrogens is 4. The third-order valence-electron chi connectivity index (χ3n) is 6.08. The quantitative estimate of drug-likeness (QED) is 0.0260. The number of aliphatic hydroxyl groups is 1. The Morgan fingerprint density at radius 2 is 1.89 bits per heavy atom. The summed E-state index contributed by atoms with van der Waals surface area (Å²) in [6.07, 6.45) is -5.25. The Morgan fingerprint density at radius 3 is 2.55 bits per heavy atom. The van der Waals surface area contributed by atoms with E-state index >= 15 is 0 Å². The zero-order valence-corrected chi connectivity index (χ0v) is 25.7. The monoisotopic (exact) mass is 725 g/mol. The van der Waals surface area contributed by atoms with Crippen LogP contribution in [0, 0.1) is 10.1 Å². The first kappa shape index (κ1) is 35.9. The Bertz CT molecular complexity index is 1880. The average molecular weight is 725 g/mol. The van der Waals surface area contributed by atoms with Gasteiger partial charge in [-0.1, -0.05) is 17.2 Å². The van der Waals surface area contributed by atoms with Crippen LogP contribution in [0.4, 0.5) is 17.2 Å². The molecule has 1 aliphatic heterocycles. The number of fused-ring (bicyclic) bond motifs is 1. The van der Waals surface area contributed by atoms with Crippen molar-refractivity contribution in [3.8, 4) is 0 Å². The van der Waals surface area contributed by atoms with Crippen molar-refractivity contribution in [1.82, 2.24) is 19.5 Å². The molecule has 28 heteroatoms. The minimum Gasteiger partial charge on any atom is -0.457 e. The zero-order chi connectivity index (χ0) is 34.7. The van der Waals surface area contributed by atoms with Gasteiger partial charge in [0.2, 0.25) is 0 Å². The number of anilines is 1. The highest BCUT2D eigenvalue weighted by atomic mass is 31.3. The molecular formula is C19H22N9O16P3. The van der Waals surface area contributed by atoms with E-state index in [9.17, 15) is 43.5 Å². The molecule has 254 valence electrons. The van der Waals surface area contributed by atoms with Crippen molar-refractivity contribution in [2.75, 3.05) is 12.3 Å². The number of hydrogen-bond acceptors (Lipinski definition) is 17. The number of azide groups is 1. The second kappa shape index (κ2) is 14.1. The second-order valence-corrected chi connectivity index (χ2v) is 13.7. The summed E-state index contributed by atoms with van der Waals surface area (Å²) in [5.74, 6) is -1.10. The summed E-state index contributed by atoms with van der Waals surface area (Å²) in [6, 6.07) is 3.52. The lowest BCUT2D eigenvalue weighted by atomic mass is 10.1. The zero-order valence-electron chi connectivity index (χ0n) is 23.0. The van der Waals surface area contributed by atoms with Crippen LogP contribution in [-0.4, -0.2) is 80.0 Å². The van der Waals surface area contributed by atoms with Crippen LogP contribution in [0.25, 0.3) is 21.6 Å². The van der Waals surface area contributed by atoms with Gasteiger partial charge < -0.3 is 39.9 Å². The number of nitrogens with two attached hydrogens (primary N) is 1. The smallest absolute Gasteiger partial charge is 0.457 e. The van der Waals surface area contributed by atoms with E-state index in [4.69, 9.17) is 30.5 Å². The fourth-order valence-corrected chi connectivity index (χ4v) is 7.28. The van der Waals surface area contributed by atoms with Gasteiger partial charge in [-0.25, -0.2) is 28.6 Å². The molecular weight excluding hydrogens is 703 g/mol. The molecule has 1 saturated heterocycles. The van der Waals surface area contributed by atoms with E-state index in [0.29, 0.717) is 0 Å². The fourth-order valence-electron chi connectivity index (χ4n) is 4.25. The molecule has 2 aromatic heterocycles. The van der Waals surface area contributed by atoms with E-state index in [1.54, 1.807) is 0 Å². The van der Waals surface area contributed by atoms with Gasteiger partial charge in [-0.15, -0.1) is 0 Å². The Hall–Kier alpha value is -3.92. The number of phosphoric ester groups is 1. The Morgan fingerprint density at radius 1 is 1.17 bits per heavy atom. The minimum atomic E-state index is -5.87. The molecule has 0 aliphatic carbocycles. The molecule has 7 N–H and O–H groups in total. The summed E-state index contributed by atoms with van der Waals surface area (Å²) in [5, 5.41) is 25.9. The van der Waals surface area contributed by atoms with Crippen LogP contribution in [0.15, 0.2) is 36.0 Å². The average Bonchev–Trinajstić information content (AvgIpc) is 3.51. The maximum atomic E-state index is 12.9. The van der Waals surface area contributed by atoms with Gasteiger partial charge in [-0.3, -0.25) is 24.0 Å². The lowest BCUT2D eigenvalue weighted by Gasteiger charge is -2.22. The number of carbonyl (C=O) groups is 1.